The first-order valence-electron chi connectivity index (χ1n) is 12.5. The highest BCUT2D eigenvalue weighted by molar-refractivity contribution is 7.11. The Morgan fingerprint density at radius 2 is 2.15 bits per heavy atom. The maximum absolute atomic E-state index is 14.7. The lowest BCUT2D eigenvalue weighted by Crippen LogP contribution is -2.52. The zero-order chi connectivity index (χ0) is 28.1. The summed E-state index contributed by atoms with van der Waals surface area (Å²) in [5, 5.41) is 14.9. The molecular formula is C26H30ClF2N5O4S. The Labute approximate surface area is 234 Å². The maximum Gasteiger partial charge on any atom is 0.338 e. The number of halogens is 3. The van der Waals surface area contributed by atoms with Gasteiger partial charge in [-0.25, -0.2) is 18.6 Å². The fourth-order valence-corrected chi connectivity index (χ4v) is 5.73. The van der Waals surface area contributed by atoms with E-state index >= 15 is 0 Å². The first kappa shape index (κ1) is 29.1. The van der Waals surface area contributed by atoms with Crippen LogP contribution in [0.25, 0.3) is 0 Å². The van der Waals surface area contributed by atoms with Crippen LogP contribution < -0.4 is 5.32 Å². The van der Waals surface area contributed by atoms with Gasteiger partial charge in [-0.15, -0.1) is 11.3 Å². The zero-order valence-electron chi connectivity index (χ0n) is 21.6. The van der Waals surface area contributed by atoms with Gasteiger partial charge in [-0.05, 0) is 38.9 Å². The van der Waals surface area contributed by atoms with Crippen molar-refractivity contribution in [3.8, 4) is 0 Å². The zero-order valence-corrected chi connectivity index (χ0v) is 23.1. The third-order valence-corrected chi connectivity index (χ3v) is 7.67. The number of esters is 1. The summed E-state index contributed by atoms with van der Waals surface area (Å²) in [7, 11) is 1.70. The Balaban J connectivity index is 1.77. The summed E-state index contributed by atoms with van der Waals surface area (Å²) in [6, 6.07) is 2.81. The lowest BCUT2D eigenvalue weighted by molar-refractivity contribution is -0.139. The van der Waals surface area contributed by atoms with Gasteiger partial charge in [0.2, 0.25) is 0 Å². The van der Waals surface area contributed by atoms with Crippen LogP contribution in [0.2, 0.25) is 5.02 Å². The van der Waals surface area contributed by atoms with E-state index in [9.17, 15) is 23.5 Å². The van der Waals surface area contributed by atoms with E-state index in [-0.39, 0.29) is 42.9 Å². The number of hydrogen-bond acceptors (Lipinski definition) is 9. The lowest BCUT2D eigenvalue weighted by atomic mass is 9.94. The second-order valence-corrected chi connectivity index (χ2v) is 10.8. The third kappa shape index (κ3) is 7.18. The first-order valence-corrected chi connectivity index (χ1v) is 13.8. The minimum atomic E-state index is -1.07. The summed E-state index contributed by atoms with van der Waals surface area (Å²) in [5.74, 6) is -1.71. The number of nitrogens with zero attached hydrogens (tertiary/aromatic N) is 4. The largest absolute Gasteiger partial charge is 0.480 e. The van der Waals surface area contributed by atoms with E-state index in [1.165, 1.54) is 23.5 Å². The number of aromatic nitrogens is 1. The fraction of sp³-hybridized carbons (Fsp3) is 0.462. The molecule has 0 amide bonds. The number of likely N-dealkylation sites (N-methyl/N-ethyl adjacent to an activating group) is 1. The molecule has 0 bridgehead atoms. The van der Waals surface area contributed by atoms with Crippen molar-refractivity contribution < 1.29 is 28.2 Å². The molecule has 2 N–H and O–H groups in total. The number of thiazole rings is 1. The molecule has 1 aromatic carbocycles. The molecular weight excluding hydrogens is 552 g/mol. The Morgan fingerprint density at radius 1 is 1.36 bits per heavy atom. The molecule has 9 nitrogen and oxygen atoms in total. The van der Waals surface area contributed by atoms with Crippen molar-refractivity contribution in [1.29, 1.82) is 0 Å². The van der Waals surface area contributed by atoms with Crippen molar-refractivity contribution in [3.05, 3.63) is 62.5 Å². The van der Waals surface area contributed by atoms with E-state index in [1.807, 2.05) is 4.90 Å². The quantitative estimate of drug-likeness (QED) is 0.409. The first-order chi connectivity index (χ1) is 18.7. The number of carbonyl (C=O) groups excluding carboxylic acids is 1. The Morgan fingerprint density at radius 3 is 2.82 bits per heavy atom. The van der Waals surface area contributed by atoms with Gasteiger partial charge in [-0.3, -0.25) is 19.6 Å². The normalized spacial score (nSPS) is 22.0. The average Bonchev–Trinajstić information content (AvgIpc) is 3.40. The Bertz CT molecular complexity index is 1260. The van der Waals surface area contributed by atoms with Gasteiger partial charge in [0.25, 0.3) is 0 Å². The molecule has 1 saturated heterocycles. The predicted octanol–water partition coefficient (Wildman–Crippen LogP) is 3.66. The second-order valence-electron chi connectivity index (χ2n) is 9.47. The smallest absolute Gasteiger partial charge is 0.338 e. The summed E-state index contributed by atoms with van der Waals surface area (Å²) >= 11 is 7.78. The summed E-state index contributed by atoms with van der Waals surface area (Å²) < 4.78 is 34.0. The van der Waals surface area contributed by atoms with Gasteiger partial charge >= 0.3 is 11.9 Å². The molecule has 13 heteroatoms. The van der Waals surface area contributed by atoms with E-state index in [1.54, 1.807) is 30.4 Å². The van der Waals surface area contributed by atoms with Gasteiger partial charge in [0.05, 0.1) is 18.7 Å². The molecule has 0 radical (unpaired) electrons. The molecule has 2 aromatic rings. The summed E-state index contributed by atoms with van der Waals surface area (Å²) in [5.41, 5.74) is 1.04. The summed E-state index contributed by atoms with van der Waals surface area (Å²) in [6.45, 7) is 2.30. The molecule has 1 aromatic heterocycles. The number of benzene rings is 1. The lowest BCUT2D eigenvalue weighted by Gasteiger charge is -2.40. The minimum Gasteiger partial charge on any atom is -0.480 e. The van der Waals surface area contributed by atoms with Crippen LogP contribution in [-0.2, 0) is 14.3 Å². The number of aliphatic imine (C=N–C) groups is 1. The van der Waals surface area contributed by atoms with E-state index in [4.69, 9.17) is 21.3 Å². The van der Waals surface area contributed by atoms with E-state index in [0.717, 1.165) is 6.07 Å². The number of aliphatic carboxylic acids is 1. The molecule has 3 atom stereocenters. The third-order valence-electron chi connectivity index (χ3n) is 6.56. The molecule has 0 aliphatic carbocycles. The average molecular weight is 582 g/mol. The summed E-state index contributed by atoms with van der Waals surface area (Å²) in [4.78, 5) is 37.3. The second kappa shape index (κ2) is 12.9. The number of rotatable bonds is 10. The van der Waals surface area contributed by atoms with E-state index < -0.39 is 30.0 Å². The molecule has 4 rings (SSSR count). The molecule has 39 heavy (non-hydrogen) atoms. The fourth-order valence-electron chi connectivity index (χ4n) is 4.88. The number of carboxylic acid groups (broad SMARTS) is 1. The van der Waals surface area contributed by atoms with Gasteiger partial charge in [0.1, 0.15) is 18.0 Å². The highest BCUT2D eigenvalue weighted by atomic mass is 35.5. The van der Waals surface area contributed by atoms with Crippen LogP contribution in [0, 0.1) is 5.82 Å². The van der Waals surface area contributed by atoms with Crippen molar-refractivity contribution in [3.63, 3.8) is 0 Å². The van der Waals surface area contributed by atoms with Crippen LogP contribution in [0.3, 0.4) is 0 Å². The van der Waals surface area contributed by atoms with Gasteiger partial charge < -0.3 is 15.2 Å². The number of piperidine rings is 1. The summed E-state index contributed by atoms with van der Waals surface area (Å²) in [6.07, 6.45) is 1.43. The molecule has 210 valence electrons. The molecule has 3 heterocycles. The maximum atomic E-state index is 14.7. The number of amidine groups is 1. The van der Waals surface area contributed by atoms with Gasteiger partial charge in [0, 0.05) is 53.5 Å². The SMILES string of the molecule is CCOC(=O)C1=C(CN2CC(F)CCC2CN(C)CC(=O)O)NC(c2nccs2)=NC1c1ccc(F)cc1Cl. The number of alkyl halides is 1. The minimum absolute atomic E-state index is 0.0975. The number of likely N-dealkylation sites (tertiary alicyclic amines) is 1. The van der Waals surface area contributed by atoms with Crippen molar-refractivity contribution in [1.82, 2.24) is 20.1 Å². The van der Waals surface area contributed by atoms with Gasteiger partial charge in [-0.2, -0.15) is 0 Å². The Hall–Kier alpha value is -2.93. The van der Waals surface area contributed by atoms with Crippen LogP contribution in [-0.4, -0.2) is 89.7 Å². The number of carbonyl (C=O) groups is 2. The van der Waals surface area contributed by atoms with Crippen molar-refractivity contribution in [2.75, 3.05) is 39.8 Å². The molecule has 2 aliphatic rings. The molecule has 2 aliphatic heterocycles. The van der Waals surface area contributed by atoms with Crippen LogP contribution in [0.1, 0.15) is 36.4 Å². The van der Waals surface area contributed by atoms with Crippen LogP contribution in [0.15, 0.2) is 46.0 Å². The van der Waals surface area contributed by atoms with Crippen molar-refractivity contribution in [2.24, 2.45) is 4.99 Å². The van der Waals surface area contributed by atoms with Crippen LogP contribution in [0.5, 0.6) is 0 Å². The predicted molar refractivity (Wildman–Crippen MR) is 144 cm³/mol. The van der Waals surface area contributed by atoms with Gasteiger partial charge in [0.15, 0.2) is 10.8 Å². The number of hydrogen-bond donors (Lipinski definition) is 2. The standard InChI is InChI=1S/C26H30ClF2N5O4S/c1-3-38-26(37)22-20(13-34-11-16(29)4-6-17(34)12-33(2)14-21(35)36)31-24(25-30-8-9-39-25)32-23(22)18-7-5-15(28)10-19(18)27/h5,7-10,16-17,23H,3-4,6,11-14H2,1-2H3,(H,31,32)(H,35,36). The Kier molecular flexibility index (Phi) is 9.65. The molecule has 0 spiro atoms. The number of carboxylic acids is 1. The number of nitrogens with one attached hydrogen (secondary N) is 1. The van der Waals surface area contributed by atoms with Crippen molar-refractivity contribution in [2.45, 2.75) is 38.0 Å². The van der Waals surface area contributed by atoms with E-state index in [2.05, 4.69) is 10.3 Å². The van der Waals surface area contributed by atoms with Crippen LogP contribution >= 0.6 is 22.9 Å². The van der Waals surface area contributed by atoms with Crippen LogP contribution in [0.4, 0.5) is 8.78 Å². The monoisotopic (exact) mass is 581 g/mol. The molecule has 1 fully saturated rings. The van der Waals surface area contributed by atoms with Crippen molar-refractivity contribution >= 4 is 40.7 Å². The number of ether oxygens (including phenoxy) is 1. The highest BCUT2D eigenvalue weighted by Crippen LogP contribution is 2.37. The highest BCUT2D eigenvalue weighted by Gasteiger charge is 2.37. The van der Waals surface area contributed by atoms with E-state index in [0.29, 0.717) is 41.5 Å². The molecule has 3 unspecified atom stereocenters. The van der Waals surface area contributed by atoms with Gasteiger partial charge in [-0.1, -0.05) is 17.7 Å². The molecule has 0 saturated carbocycles. The topological polar surface area (TPSA) is 107 Å².